The van der Waals surface area contributed by atoms with Gasteiger partial charge >= 0.3 is 0 Å². The number of ether oxygens (including phenoxy) is 1. The number of nitrogens with zero attached hydrogens (tertiary/aromatic N) is 3. The summed E-state index contributed by atoms with van der Waals surface area (Å²) in [5.74, 6) is 5.68. The quantitative estimate of drug-likeness (QED) is 0.316. The fraction of sp³-hybridized carbons (Fsp3) is 0.308. The molecule has 0 spiro atoms. The molecular formula is C26H30N4O3. The average Bonchev–Trinajstić information content (AvgIpc) is 2.78. The topological polar surface area (TPSA) is 98.4 Å². The standard InChI is InChI=1S/C26H30N4O3/c1-17(2)14-20-16-22(21-12-8-9-13-23(21)33-18(3)4)28-29-25(20)26(32)30(27)24(31)15-19-10-6-5-7-11-19/h5-13,16-18H,14-15,27H2,1-4H3. The van der Waals surface area contributed by atoms with Crippen molar-refractivity contribution in [1.82, 2.24) is 15.2 Å². The molecule has 0 unspecified atom stereocenters. The summed E-state index contributed by atoms with van der Waals surface area (Å²) < 4.78 is 5.92. The Morgan fingerprint density at radius 2 is 1.64 bits per heavy atom. The lowest BCUT2D eigenvalue weighted by molar-refractivity contribution is -0.128. The maximum Gasteiger partial charge on any atom is 0.295 e. The van der Waals surface area contributed by atoms with Gasteiger partial charge in [0.05, 0.1) is 18.2 Å². The van der Waals surface area contributed by atoms with Gasteiger partial charge in [0.15, 0.2) is 5.69 Å². The van der Waals surface area contributed by atoms with Crippen LogP contribution < -0.4 is 10.6 Å². The first-order valence-corrected chi connectivity index (χ1v) is 11.0. The van der Waals surface area contributed by atoms with Crippen molar-refractivity contribution in [2.45, 2.75) is 46.6 Å². The van der Waals surface area contributed by atoms with Crippen molar-refractivity contribution < 1.29 is 14.3 Å². The molecule has 2 amide bonds. The number of rotatable bonds is 8. The average molecular weight is 447 g/mol. The van der Waals surface area contributed by atoms with Gasteiger partial charge in [0.1, 0.15) is 5.75 Å². The summed E-state index contributed by atoms with van der Waals surface area (Å²) in [6.07, 6.45) is 0.599. The minimum Gasteiger partial charge on any atom is -0.490 e. The van der Waals surface area contributed by atoms with E-state index in [1.165, 1.54) is 0 Å². The number of hydrogen-bond acceptors (Lipinski definition) is 6. The Balaban J connectivity index is 1.92. The zero-order chi connectivity index (χ0) is 24.0. The Hall–Kier alpha value is -3.58. The Bertz CT molecular complexity index is 1110. The monoisotopic (exact) mass is 446 g/mol. The molecule has 1 aromatic heterocycles. The number of carbonyl (C=O) groups excluding carboxylic acids is 2. The van der Waals surface area contributed by atoms with Crippen LogP contribution >= 0.6 is 0 Å². The van der Waals surface area contributed by atoms with Crippen molar-refractivity contribution >= 4 is 11.8 Å². The van der Waals surface area contributed by atoms with Crippen molar-refractivity contribution in [1.29, 1.82) is 0 Å². The van der Waals surface area contributed by atoms with Crippen LogP contribution in [0.15, 0.2) is 60.7 Å². The van der Waals surface area contributed by atoms with Crippen LogP contribution in [0.25, 0.3) is 11.3 Å². The summed E-state index contributed by atoms with van der Waals surface area (Å²) in [5, 5.41) is 9.13. The van der Waals surface area contributed by atoms with Crippen LogP contribution in [-0.2, 0) is 17.6 Å². The third kappa shape index (κ3) is 6.23. The minimum absolute atomic E-state index is 0.00322. The molecule has 3 rings (SSSR count). The van der Waals surface area contributed by atoms with E-state index in [4.69, 9.17) is 10.6 Å². The molecule has 0 atom stereocenters. The van der Waals surface area contributed by atoms with Crippen molar-refractivity contribution in [2.24, 2.45) is 11.8 Å². The molecule has 0 aliphatic carbocycles. The summed E-state index contributed by atoms with van der Waals surface area (Å²) in [6, 6.07) is 18.5. The molecule has 0 saturated carbocycles. The fourth-order valence-corrected chi connectivity index (χ4v) is 3.46. The second kappa shape index (κ2) is 10.8. The second-order valence-corrected chi connectivity index (χ2v) is 8.60. The third-order valence-corrected chi connectivity index (χ3v) is 4.91. The van der Waals surface area contributed by atoms with E-state index in [9.17, 15) is 9.59 Å². The number of amides is 2. The van der Waals surface area contributed by atoms with Gasteiger partial charge in [-0.2, -0.15) is 0 Å². The van der Waals surface area contributed by atoms with Crippen LogP contribution in [0, 0.1) is 5.92 Å². The number of nitrogens with two attached hydrogens (primary N) is 1. The number of imide groups is 1. The highest BCUT2D eigenvalue weighted by Gasteiger charge is 2.25. The molecular weight excluding hydrogens is 416 g/mol. The summed E-state index contributed by atoms with van der Waals surface area (Å²) in [5.41, 5.74) is 2.92. The van der Waals surface area contributed by atoms with E-state index in [0.717, 1.165) is 11.1 Å². The zero-order valence-corrected chi connectivity index (χ0v) is 19.5. The van der Waals surface area contributed by atoms with Gasteiger partial charge in [-0.3, -0.25) is 9.59 Å². The highest BCUT2D eigenvalue weighted by molar-refractivity contribution is 6.04. The highest BCUT2D eigenvalue weighted by atomic mass is 16.5. The smallest absolute Gasteiger partial charge is 0.295 e. The summed E-state index contributed by atoms with van der Waals surface area (Å²) in [6.45, 7) is 8.00. The molecule has 7 heteroatoms. The largest absolute Gasteiger partial charge is 0.490 e. The maximum absolute atomic E-state index is 13.1. The SMILES string of the molecule is CC(C)Cc1cc(-c2ccccc2OC(C)C)nnc1C(=O)N(N)C(=O)Cc1ccccc1. The van der Waals surface area contributed by atoms with E-state index in [0.29, 0.717) is 28.4 Å². The number of carbonyl (C=O) groups is 2. The van der Waals surface area contributed by atoms with Crippen LogP contribution in [0.1, 0.15) is 49.3 Å². The Kier molecular flexibility index (Phi) is 7.90. The van der Waals surface area contributed by atoms with Gasteiger partial charge in [0, 0.05) is 5.56 Å². The van der Waals surface area contributed by atoms with E-state index in [-0.39, 0.29) is 24.1 Å². The van der Waals surface area contributed by atoms with E-state index in [1.807, 2.05) is 88.4 Å². The number of benzene rings is 2. The molecule has 2 N–H and O–H groups in total. The van der Waals surface area contributed by atoms with Crippen molar-refractivity contribution in [3.8, 4) is 17.0 Å². The Labute approximate surface area is 194 Å². The van der Waals surface area contributed by atoms with Gasteiger partial charge in [0.25, 0.3) is 5.91 Å². The first-order chi connectivity index (χ1) is 15.8. The predicted octanol–water partition coefficient (Wildman–Crippen LogP) is 4.21. The van der Waals surface area contributed by atoms with Crippen molar-refractivity contribution in [3.05, 3.63) is 77.5 Å². The number of para-hydroxylation sites is 1. The molecule has 0 aliphatic heterocycles. The Morgan fingerprint density at radius 1 is 0.970 bits per heavy atom. The van der Waals surface area contributed by atoms with E-state index in [1.54, 1.807) is 0 Å². The zero-order valence-electron chi connectivity index (χ0n) is 19.5. The minimum atomic E-state index is -0.669. The van der Waals surface area contributed by atoms with Gasteiger partial charge < -0.3 is 4.74 Å². The van der Waals surface area contributed by atoms with Crippen LogP contribution in [-0.4, -0.2) is 33.1 Å². The first-order valence-electron chi connectivity index (χ1n) is 11.0. The molecule has 0 fully saturated rings. The normalized spacial score (nSPS) is 11.0. The molecule has 33 heavy (non-hydrogen) atoms. The van der Waals surface area contributed by atoms with E-state index < -0.39 is 11.8 Å². The summed E-state index contributed by atoms with van der Waals surface area (Å²) in [4.78, 5) is 25.7. The summed E-state index contributed by atoms with van der Waals surface area (Å²) in [7, 11) is 0. The second-order valence-electron chi connectivity index (χ2n) is 8.60. The fourth-order valence-electron chi connectivity index (χ4n) is 3.46. The van der Waals surface area contributed by atoms with Gasteiger partial charge in [-0.05, 0) is 55.5 Å². The number of aromatic nitrogens is 2. The third-order valence-electron chi connectivity index (χ3n) is 4.91. The first kappa shape index (κ1) is 24.1. The van der Waals surface area contributed by atoms with Crippen LogP contribution in [0.4, 0.5) is 0 Å². The lowest BCUT2D eigenvalue weighted by atomic mass is 9.99. The predicted molar refractivity (Wildman–Crippen MR) is 127 cm³/mol. The molecule has 7 nitrogen and oxygen atoms in total. The molecule has 0 bridgehead atoms. The summed E-state index contributed by atoms with van der Waals surface area (Å²) >= 11 is 0. The molecule has 0 aliphatic rings. The van der Waals surface area contributed by atoms with Gasteiger partial charge in [0.2, 0.25) is 5.91 Å². The lowest BCUT2D eigenvalue weighted by Gasteiger charge is -2.18. The Morgan fingerprint density at radius 3 is 2.30 bits per heavy atom. The van der Waals surface area contributed by atoms with Gasteiger partial charge in [-0.15, -0.1) is 10.2 Å². The molecule has 172 valence electrons. The van der Waals surface area contributed by atoms with Gasteiger partial charge in [-0.25, -0.2) is 10.9 Å². The number of hydrogen-bond donors (Lipinski definition) is 1. The highest BCUT2D eigenvalue weighted by Crippen LogP contribution is 2.30. The lowest BCUT2D eigenvalue weighted by Crippen LogP contribution is -2.44. The van der Waals surface area contributed by atoms with Crippen molar-refractivity contribution in [2.75, 3.05) is 0 Å². The molecule has 0 saturated heterocycles. The van der Waals surface area contributed by atoms with Crippen molar-refractivity contribution in [3.63, 3.8) is 0 Å². The number of hydrazine groups is 1. The molecule has 3 aromatic rings. The molecule has 2 aromatic carbocycles. The maximum atomic E-state index is 13.1. The molecule has 0 radical (unpaired) electrons. The van der Waals surface area contributed by atoms with Crippen LogP contribution in [0.3, 0.4) is 0 Å². The van der Waals surface area contributed by atoms with Crippen LogP contribution in [0.2, 0.25) is 0 Å². The van der Waals surface area contributed by atoms with Crippen LogP contribution in [0.5, 0.6) is 5.75 Å². The van der Waals surface area contributed by atoms with E-state index in [2.05, 4.69) is 10.2 Å². The van der Waals surface area contributed by atoms with E-state index >= 15 is 0 Å². The van der Waals surface area contributed by atoms with Gasteiger partial charge in [-0.1, -0.05) is 56.3 Å². The molecule has 1 heterocycles.